The predicted octanol–water partition coefficient (Wildman–Crippen LogP) is 4.83. The maximum atomic E-state index is 3.31. The number of hydrogen-bond acceptors (Lipinski definition) is 0. The molecule has 0 heteroatoms. The summed E-state index contributed by atoms with van der Waals surface area (Å²) >= 11 is 0. The van der Waals surface area contributed by atoms with E-state index in [2.05, 4.69) is 82.0 Å². The lowest BCUT2D eigenvalue weighted by Gasteiger charge is -2.09. The van der Waals surface area contributed by atoms with Crippen LogP contribution in [0.4, 0.5) is 0 Å². The minimum atomic E-state index is 0.502. The van der Waals surface area contributed by atoms with Crippen LogP contribution in [0.1, 0.15) is 47.6 Å². The van der Waals surface area contributed by atoms with Crippen molar-refractivity contribution in [3.05, 3.63) is 70.3 Å². The highest BCUT2D eigenvalue weighted by Crippen LogP contribution is 2.20. The average Bonchev–Trinajstić information content (AvgIpc) is 2.39. The van der Waals surface area contributed by atoms with Gasteiger partial charge >= 0.3 is 0 Å². The van der Waals surface area contributed by atoms with Crippen LogP contribution in [0.15, 0.2) is 42.5 Å². The topological polar surface area (TPSA) is 0 Å². The molecule has 0 heterocycles. The van der Waals surface area contributed by atoms with Crippen molar-refractivity contribution in [2.75, 3.05) is 0 Å². The third-order valence-corrected chi connectivity index (χ3v) is 3.22. The maximum Gasteiger partial charge on any atom is 0.0283 e. The first-order valence-corrected chi connectivity index (χ1v) is 6.75. The van der Waals surface area contributed by atoms with Crippen LogP contribution in [0.5, 0.6) is 0 Å². The van der Waals surface area contributed by atoms with E-state index in [1.54, 1.807) is 0 Å². The molecule has 0 saturated carbocycles. The van der Waals surface area contributed by atoms with Crippen LogP contribution < -0.4 is 0 Å². The van der Waals surface area contributed by atoms with Gasteiger partial charge in [0.25, 0.3) is 0 Å². The van der Waals surface area contributed by atoms with Crippen LogP contribution >= 0.6 is 0 Å². The first-order chi connectivity index (χ1) is 9.06. The summed E-state index contributed by atoms with van der Waals surface area (Å²) in [4.78, 5) is 0. The molecule has 0 saturated heterocycles. The zero-order valence-electron chi connectivity index (χ0n) is 12.1. The Morgan fingerprint density at radius 2 is 1.42 bits per heavy atom. The fourth-order valence-electron chi connectivity index (χ4n) is 2.05. The molecule has 0 amide bonds. The van der Waals surface area contributed by atoms with E-state index in [0.29, 0.717) is 5.92 Å². The van der Waals surface area contributed by atoms with Gasteiger partial charge in [-0.15, -0.1) is 0 Å². The molecule has 2 aromatic rings. The highest BCUT2D eigenvalue weighted by molar-refractivity contribution is 5.48. The lowest BCUT2D eigenvalue weighted by atomic mass is 9.95. The summed E-state index contributed by atoms with van der Waals surface area (Å²) in [5.74, 6) is 7.06. The monoisotopic (exact) mass is 248 g/mol. The molecular weight excluding hydrogens is 228 g/mol. The van der Waals surface area contributed by atoms with Crippen molar-refractivity contribution in [1.29, 1.82) is 0 Å². The minimum Gasteiger partial charge on any atom is -0.0616 e. The molecule has 0 spiro atoms. The van der Waals surface area contributed by atoms with Crippen molar-refractivity contribution in [2.45, 2.75) is 33.6 Å². The van der Waals surface area contributed by atoms with Crippen LogP contribution in [0, 0.1) is 25.7 Å². The quantitative estimate of drug-likeness (QED) is 0.634. The second-order valence-electron chi connectivity index (χ2n) is 5.36. The number of hydrogen-bond donors (Lipinski definition) is 0. The summed E-state index contributed by atoms with van der Waals surface area (Å²) in [6.45, 7) is 8.65. The Morgan fingerprint density at radius 1 is 0.789 bits per heavy atom. The second kappa shape index (κ2) is 5.76. The van der Waals surface area contributed by atoms with E-state index in [-0.39, 0.29) is 0 Å². The fourth-order valence-corrected chi connectivity index (χ4v) is 2.05. The fraction of sp³-hybridized carbons (Fsp3) is 0.263. The Balaban J connectivity index is 2.36. The van der Waals surface area contributed by atoms with Crippen molar-refractivity contribution in [3.63, 3.8) is 0 Å². The molecule has 96 valence electrons. The van der Waals surface area contributed by atoms with Gasteiger partial charge in [-0.3, -0.25) is 0 Å². The number of rotatable bonds is 1. The molecule has 0 aromatic heterocycles. The molecule has 19 heavy (non-hydrogen) atoms. The third-order valence-electron chi connectivity index (χ3n) is 3.22. The van der Waals surface area contributed by atoms with E-state index in [0.717, 1.165) is 11.1 Å². The van der Waals surface area contributed by atoms with Crippen LogP contribution in [0.2, 0.25) is 0 Å². The summed E-state index contributed by atoms with van der Waals surface area (Å²) in [5.41, 5.74) is 6.11. The highest BCUT2D eigenvalue weighted by Gasteiger charge is 2.04. The largest absolute Gasteiger partial charge is 0.0616 e. The van der Waals surface area contributed by atoms with Gasteiger partial charge in [0.05, 0.1) is 0 Å². The Labute approximate surface area is 116 Å². The van der Waals surface area contributed by atoms with Gasteiger partial charge in [0.2, 0.25) is 0 Å². The first kappa shape index (κ1) is 13.4. The molecule has 0 aliphatic rings. The minimum absolute atomic E-state index is 0.502. The molecule has 2 rings (SSSR count). The zero-order chi connectivity index (χ0) is 13.8. The lowest BCUT2D eigenvalue weighted by molar-refractivity contribution is 0.861. The van der Waals surface area contributed by atoms with Crippen molar-refractivity contribution in [2.24, 2.45) is 0 Å². The van der Waals surface area contributed by atoms with E-state index in [9.17, 15) is 0 Å². The van der Waals surface area contributed by atoms with E-state index in [4.69, 9.17) is 0 Å². The van der Waals surface area contributed by atoms with Crippen molar-refractivity contribution < 1.29 is 0 Å². The SMILES string of the molecule is Cc1ccc(C#Cc2ccc(C)cc2C(C)C)cc1. The highest BCUT2D eigenvalue weighted by atomic mass is 14.1. The van der Waals surface area contributed by atoms with E-state index in [1.165, 1.54) is 16.7 Å². The van der Waals surface area contributed by atoms with E-state index in [1.807, 2.05) is 0 Å². The van der Waals surface area contributed by atoms with Crippen molar-refractivity contribution in [1.82, 2.24) is 0 Å². The van der Waals surface area contributed by atoms with Crippen LogP contribution in [0.25, 0.3) is 0 Å². The predicted molar refractivity (Wildman–Crippen MR) is 82.4 cm³/mol. The van der Waals surface area contributed by atoms with Gasteiger partial charge in [0, 0.05) is 11.1 Å². The van der Waals surface area contributed by atoms with Gasteiger partial charge in [-0.25, -0.2) is 0 Å². The normalized spacial score (nSPS) is 10.2. The first-order valence-electron chi connectivity index (χ1n) is 6.75. The molecule has 0 aliphatic carbocycles. The van der Waals surface area contributed by atoms with Crippen LogP contribution in [0.3, 0.4) is 0 Å². The average molecular weight is 248 g/mol. The van der Waals surface area contributed by atoms with Gasteiger partial charge in [0.1, 0.15) is 0 Å². The van der Waals surface area contributed by atoms with Gasteiger partial charge in [-0.05, 0) is 43.5 Å². The van der Waals surface area contributed by atoms with Gasteiger partial charge in [0.15, 0.2) is 0 Å². The van der Waals surface area contributed by atoms with E-state index >= 15 is 0 Å². The molecule has 0 N–H and O–H groups in total. The Bertz CT molecular complexity index is 619. The van der Waals surface area contributed by atoms with Gasteiger partial charge in [-0.2, -0.15) is 0 Å². The second-order valence-corrected chi connectivity index (χ2v) is 5.36. The smallest absolute Gasteiger partial charge is 0.0283 e. The third kappa shape index (κ3) is 3.48. The summed E-state index contributed by atoms with van der Waals surface area (Å²) in [6, 6.07) is 14.9. The Morgan fingerprint density at radius 3 is 2.05 bits per heavy atom. The molecule has 0 nitrogen and oxygen atoms in total. The summed E-state index contributed by atoms with van der Waals surface area (Å²) in [5, 5.41) is 0. The van der Waals surface area contributed by atoms with Gasteiger partial charge in [-0.1, -0.05) is 61.1 Å². The summed E-state index contributed by atoms with van der Waals surface area (Å²) in [7, 11) is 0. The van der Waals surface area contributed by atoms with Crippen molar-refractivity contribution >= 4 is 0 Å². The number of benzene rings is 2. The zero-order valence-corrected chi connectivity index (χ0v) is 12.1. The molecule has 0 unspecified atom stereocenters. The molecule has 0 aliphatic heterocycles. The van der Waals surface area contributed by atoms with Crippen LogP contribution in [-0.4, -0.2) is 0 Å². The Kier molecular flexibility index (Phi) is 4.07. The summed E-state index contributed by atoms with van der Waals surface area (Å²) < 4.78 is 0. The molecule has 0 fully saturated rings. The lowest BCUT2D eigenvalue weighted by Crippen LogP contribution is -1.93. The Hall–Kier alpha value is -2.00. The summed E-state index contributed by atoms with van der Waals surface area (Å²) in [6.07, 6.45) is 0. The standard InChI is InChI=1S/C19H20/c1-14(2)19-13-16(4)7-11-18(19)12-10-17-8-5-15(3)6-9-17/h5-9,11,13-14H,1-4H3. The van der Waals surface area contributed by atoms with Gasteiger partial charge < -0.3 is 0 Å². The molecule has 2 aromatic carbocycles. The van der Waals surface area contributed by atoms with E-state index < -0.39 is 0 Å². The molecule has 0 radical (unpaired) electrons. The van der Waals surface area contributed by atoms with Crippen LogP contribution in [-0.2, 0) is 0 Å². The maximum absolute atomic E-state index is 3.31. The molecule has 0 bridgehead atoms. The van der Waals surface area contributed by atoms with Crippen molar-refractivity contribution in [3.8, 4) is 11.8 Å². The molecular formula is C19H20. The molecule has 0 atom stereocenters. The number of aryl methyl sites for hydroxylation is 2.